The van der Waals surface area contributed by atoms with E-state index in [0.29, 0.717) is 43.0 Å². The maximum atomic E-state index is 12.4. The summed E-state index contributed by atoms with van der Waals surface area (Å²) in [6.07, 6.45) is 1.64. The molecule has 0 aliphatic carbocycles. The van der Waals surface area contributed by atoms with Crippen molar-refractivity contribution in [2.45, 2.75) is 19.8 Å². The fraction of sp³-hybridized carbons (Fsp3) is 0.600. The highest BCUT2D eigenvalue weighted by Gasteiger charge is 2.25. The molecule has 0 atom stereocenters. The maximum Gasteiger partial charge on any atom is 0.332 e. The van der Waals surface area contributed by atoms with Crippen molar-refractivity contribution in [2.24, 2.45) is 22.4 Å². The average molecular weight is 369 g/mol. The zero-order valence-electron chi connectivity index (χ0n) is 14.1. The summed E-state index contributed by atoms with van der Waals surface area (Å²) in [5.41, 5.74) is 11.0. The molecule has 1 saturated heterocycles. The highest BCUT2D eigenvalue weighted by Crippen LogP contribution is 2.23. The number of ether oxygens (including phenoxy) is 2. The van der Waals surface area contributed by atoms with E-state index >= 15 is 0 Å². The van der Waals surface area contributed by atoms with Crippen molar-refractivity contribution < 1.29 is 19.1 Å². The normalized spacial score (nSPS) is 15.0. The second-order valence-corrected chi connectivity index (χ2v) is 6.44. The molecule has 1 aliphatic rings. The number of thiazole rings is 1. The number of piperidine rings is 1. The summed E-state index contributed by atoms with van der Waals surface area (Å²) in [6.45, 7) is 3.83. The molecule has 2 rings (SSSR count). The summed E-state index contributed by atoms with van der Waals surface area (Å²) >= 11 is 1.22. The van der Waals surface area contributed by atoms with E-state index in [1.165, 1.54) is 11.3 Å². The SMILES string of the molecule is CCOC(=O)COCC1CCN(C(=O)c2csc(N=C(N)N)n2)CC1. The zero-order chi connectivity index (χ0) is 18.2. The van der Waals surface area contributed by atoms with Crippen molar-refractivity contribution in [3.05, 3.63) is 11.1 Å². The predicted molar refractivity (Wildman–Crippen MR) is 93.7 cm³/mol. The fourth-order valence-electron chi connectivity index (χ4n) is 2.50. The van der Waals surface area contributed by atoms with Gasteiger partial charge in [-0.3, -0.25) is 4.79 Å². The highest BCUT2D eigenvalue weighted by atomic mass is 32.1. The van der Waals surface area contributed by atoms with Gasteiger partial charge in [-0.15, -0.1) is 11.3 Å². The van der Waals surface area contributed by atoms with Crippen LogP contribution in [0.4, 0.5) is 5.13 Å². The first-order valence-corrected chi connectivity index (χ1v) is 8.95. The molecule has 1 fully saturated rings. The Morgan fingerprint density at radius 1 is 1.40 bits per heavy atom. The van der Waals surface area contributed by atoms with Crippen molar-refractivity contribution in [3.8, 4) is 0 Å². The van der Waals surface area contributed by atoms with E-state index in [1.54, 1.807) is 17.2 Å². The first-order chi connectivity index (χ1) is 12.0. The molecule has 4 N–H and O–H groups in total. The number of hydrogen-bond acceptors (Lipinski definition) is 7. The van der Waals surface area contributed by atoms with Crippen molar-refractivity contribution in [1.29, 1.82) is 0 Å². The minimum Gasteiger partial charge on any atom is -0.464 e. The minimum absolute atomic E-state index is 0.0284. The molecule has 0 aromatic carbocycles. The Morgan fingerprint density at radius 2 is 2.12 bits per heavy atom. The largest absolute Gasteiger partial charge is 0.464 e. The molecule has 0 saturated carbocycles. The van der Waals surface area contributed by atoms with Gasteiger partial charge in [0.15, 0.2) is 5.96 Å². The van der Waals surface area contributed by atoms with Crippen molar-refractivity contribution in [2.75, 3.05) is 32.9 Å². The molecule has 0 unspecified atom stereocenters. The van der Waals surface area contributed by atoms with Crippen LogP contribution in [0.15, 0.2) is 10.4 Å². The number of guanidine groups is 1. The third kappa shape index (κ3) is 5.98. The summed E-state index contributed by atoms with van der Waals surface area (Å²) < 4.78 is 10.2. The summed E-state index contributed by atoms with van der Waals surface area (Å²) in [5, 5.41) is 2.02. The van der Waals surface area contributed by atoms with Gasteiger partial charge in [0.25, 0.3) is 5.91 Å². The van der Waals surface area contributed by atoms with Crippen molar-refractivity contribution in [3.63, 3.8) is 0 Å². The van der Waals surface area contributed by atoms with E-state index in [0.717, 1.165) is 12.8 Å². The Balaban J connectivity index is 1.76. The molecule has 1 amide bonds. The van der Waals surface area contributed by atoms with Gasteiger partial charge in [-0.1, -0.05) is 0 Å². The summed E-state index contributed by atoms with van der Waals surface area (Å²) in [4.78, 5) is 33.4. The van der Waals surface area contributed by atoms with Gasteiger partial charge in [0.2, 0.25) is 5.13 Å². The fourth-order valence-corrected chi connectivity index (χ4v) is 3.18. The number of nitrogens with two attached hydrogens (primary N) is 2. The van der Waals surface area contributed by atoms with Gasteiger partial charge < -0.3 is 25.8 Å². The second kappa shape index (κ2) is 9.33. The van der Waals surface area contributed by atoms with Crippen LogP contribution < -0.4 is 11.5 Å². The van der Waals surface area contributed by atoms with E-state index in [-0.39, 0.29) is 24.4 Å². The maximum absolute atomic E-state index is 12.4. The van der Waals surface area contributed by atoms with Gasteiger partial charge in [-0.05, 0) is 25.7 Å². The van der Waals surface area contributed by atoms with Crippen LogP contribution in [-0.4, -0.2) is 60.6 Å². The minimum atomic E-state index is -0.352. The predicted octanol–water partition coefficient (Wildman–Crippen LogP) is 0.480. The average Bonchev–Trinajstić information content (AvgIpc) is 3.03. The first kappa shape index (κ1) is 19.1. The van der Waals surface area contributed by atoms with Gasteiger partial charge >= 0.3 is 5.97 Å². The van der Waals surface area contributed by atoms with Gasteiger partial charge in [0.05, 0.1) is 13.2 Å². The number of carbonyl (C=O) groups is 2. The molecular weight excluding hydrogens is 346 g/mol. The summed E-state index contributed by atoms with van der Waals surface area (Å²) in [6, 6.07) is 0. The van der Waals surface area contributed by atoms with Crippen LogP contribution in [0.3, 0.4) is 0 Å². The summed E-state index contributed by atoms with van der Waals surface area (Å²) in [7, 11) is 0. The zero-order valence-corrected chi connectivity index (χ0v) is 15.0. The quantitative estimate of drug-likeness (QED) is 0.406. The van der Waals surface area contributed by atoms with Crippen LogP contribution in [-0.2, 0) is 14.3 Å². The number of rotatable bonds is 7. The third-order valence-corrected chi connectivity index (χ3v) is 4.45. The Hall–Kier alpha value is -2.20. The van der Waals surface area contributed by atoms with E-state index in [1.807, 2.05) is 0 Å². The molecular formula is C15H23N5O4S. The molecule has 1 aromatic rings. The molecule has 138 valence electrons. The van der Waals surface area contributed by atoms with Crippen LogP contribution in [0.1, 0.15) is 30.3 Å². The lowest BCUT2D eigenvalue weighted by molar-refractivity contribution is -0.149. The van der Waals surface area contributed by atoms with Gasteiger partial charge in [0.1, 0.15) is 12.3 Å². The molecule has 1 aromatic heterocycles. The molecule has 0 spiro atoms. The smallest absolute Gasteiger partial charge is 0.332 e. The Kier molecular flexibility index (Phi) is 7.14. The van der Waals surface area contributed by atoms with Crippen LogP contribution in [0.25, 0.3) is 0 Å². The second-order valence-electron chi connectivity index (χ2n) is 5.61. The highest BCUT2D eigenvalue weighted by molar-refractivity contribution is 7.13. The lowest BCUT2D eigenvalue weighted by atomic mass is 9.97. The Morgan fingerprint density at radius 3 is 2.76 bits per heavy atom. The Labute approximate surface area is 150 Å². The van der Waals surface area contributed by atoms with E-state index in [2.05, 4.69) is 9.98 Å². The van der Waals surface area contributed by atoms with E-state index in [9.17, 15) is 9.59 Å². The molecule has 25 heavy (non-hydrogen) atoms. The number of aliphatic imine (C=N–C) groups is 1. The molecule has 9 nitrogen and oxygen atoms in total. The summed E-state index contributed by atoms with van der Waals surface area (Å²) in [5.74, 6) is -0.238. The van der Waals surface area contributed by atoms with Crippen LogP contribution in [0.2, 0.25) is 0 Å². The number of carbonyl (C=O) groups excluding carboxylic acids is 2. The molecule has 0 radical (unpaired) electrons. The molecule has 0 bridgehead atoms. The van der Waals surface area contributed by atoms with Crippen molar-refractivity contribution >= 4 is 34.3 Å². The molecule has 1 aliphatic heterocycles. The number of nitrogens with zero attached hydrogens (tertiary/aromatic N) is 3. The van der Waals surface area contributed by atoms with E-state index < -0.39 is 0 Å². The third-order valence-electron chi connectivity index (χ3n) is 3.72. The molecule has 2 heterocycles. The standard InChI is InChI=1S/C15H23N5O4S/c1-2-24-12(21)8-23-7-10-3-5-20(6-4-10)13(22)11-9-25-15(18-11)19-14(16)17/h9-10H,2-8H2,1H3,(H4,16,17,18,19). The first-order valence-electron chi connectivity index (χ1n) is 8.07. The van der Waals surface area contributed by atoms with Crippen LogP contribution >= 0.6 is 11.3 Å². The number of likely N-dealkylation sites (tertiary alicyclic amines) is 1. The molecule has 10 heteroatoms. The van der Waals surface area contributed by atoms with Crippen molar-refractivity contribution in [1.82, 2.24) is 9.88 Å². The van der Waals surface area contributed by atoms with Gasteiger partial charge in [-0.2, -0.15) is 4.99 Å². The monoisotopic (exact) mass is 369 g/mol. The van der Waals surface area contributed by atoms with Crippen LogP contribution in [0, 0.1) is 5.92 Å². The lowest BCUT2D eigenvalue weighted by Gasteiger charge is -2.31. The number of aromatic nitrogens is 1. The number of hydrogen-bond donors (Lipinski definition) is 2. The van der Waals surface area contributed by atoms with Gasteiger partial charge in [0, 0.05) is 18.5 Å². The Bertz CT molecular complexity index is 621. The topological polar surface area (TPSA) is 133 Å². The van der Waals surface area contributed by atoms with E-state index in [4.69, 9.17) is 20.9 Å². The number of esters is 1. The number of amides is 1. The lowest BCUT2D eigenvalue weighted by Crippen LogP contribution is -2.39. The van der Waals surface area contributed by atoms with Gasteiger partial charge in [-0.25, -0.2) is 9.78 Å². The van der Waals surface area contributed by atoms with Crippen LogP contribution in [0.5, 0.6) is 0 Å².